The first kappa shape index (κ1) is 15.1. The van der Waals surface area contributed by atoms with Gasteiger partial charge in [0.25, 0.3) is 0 Å². The molecule has 2 aromatic carbocycles. The number of alkyl halides is 1. The zero-order valence-electron chi connectivity index (χ0n) is 13.2. The van der Waals surface area contributed by atoms with E-state index in [1.165, 1.54) is 22.0 Å². The molecule has 1 heterocycles. The Kier molecular flexibility index (Phi) is 3.73. The molecule has 114 valence electrons. The van der Waals surface area contributed by atoms with Gasteiger partial charge in [-0.3, -0.25) is 4.79 Å². The van der Waals surface area contributed by atoms with Crippen molar-refractivity contribution in [2.75, 3.05) is 17.3 Å². The molecule has 22 heavy (non-hydrogen) atoms. The fraction of sp³-hybridized carbons (Fsp3) is 0.316. The van der Waals surface area contributed by atoms with Gasteiger partial charge in [-0.25, -0.2) is 0 Å². The molecule has 0 amide bonds. The van der Waals surface area contributed by atoms with Gasteiger partial charge in [-0.1, -0.05) is 44.2 Å². The number of hydrogen-bond acceptors (Lipinski definition) is 2. The maximum atomic E-state index is 11.9. The molecular weight excluding hydrogens is 294 g/mol. The summed E-state index contributed by atoms with van der Waals surface area (Å²) in [6.45, 7) is 7.30. The molecule has 0 radical (unpaired) electrons. The summed E-state index contributed by atoms with van der Waals surface area (Å²) in [5.41, 5.74) is 3.31. The van der Waals surface area contributed by atoms with Crippen LogP contribution in [0, 0.1) is 0 Å². The monoisotopic (exact) mass is 313 g/mol. The van der Waals surface area contributed by atoms with Gasteiger partial charge in [0.05, 0.1) is 5.88 Å². The summed E-state index contributed by atoms with van der Waals surface area (Å²) in [5.74, 6) is -0.0193. The van der Waals surface area contributed by atoms with Crippen LogP contribution < -0.4 is 4.90 Å². The van der Waals surface area contributed by atoms with E-state index in [1.54, 1.807) is 6.08 Å². The Hall–Kier alpha value is -1.80. The molecule has 0 saturated heterocycles. The van der Waals surface area contributed by atoms with E-state index in [1.807, 2.05) is 0 Å². The van der Waals surface area contributed by atoms with Crippen LogP contribution in [-0.2, 0) is 10.2 Å². The highest BCUT2D eigenvalue weighted by molar-refractivity contribution is 6.29. The number of likely N-dealkylation sites (N-methyl/N-ethyl adjacent to an activating group) is 1. The number of halogens is 1. The third-order valence-corrected chi connectivity index (χ3v) is 4.76. The van der Waals surface area contributed by atoms with Crippen molar-refractivity contribution in [2.45, 2.75) is 26.2 Å². The molecule has 0 fully saturated rings. The number of fused-ring (bicyclic) bond motifs is 3. The van der Waals surface area contributed by atoms with Gasteiger partial charge in [0, 0.05) is 29.4 Å². The molecule has 0 aliphatic carbocycles. The first-order chi connectivity index (χ1) is 10.5. The average Bonchev–Trinajstić information content (AvgIpc) is 2.74. The summed E-state index contributed by atoms with van der Waals surface area (Å²) in [7, 11) is 0. The zero-order chi connectivity index (χ0) is 15.9. The summed E-state index contributed by atoms with van der Waals surface area (Å²) in [5, 5.41) is 2.49. The van der Waals surface area contributed by atoms with E-state index in [4.69, 9.17) is 11.6 Å². The minimum Gasteiger partial charge on any atom is -0.344 e. The highest BCUT2D eigenvalue weighted by atomic mass is 35.5. The van der Waals surface area contributed by atoms with Crippen LogP contribution in [-0.4, -0.2) is 18.2 Å². The minimum atomic E-state index is -0.214. The van der Waals surface area contributed by atoms with Gasteiger partial charge in [0.1, 0.15) is 0 Å². The van der Waals surface area contributed by atoms with Crippen molar-refractivity contribution in [1.82, 2.24) is 0 Å². The van der Waals surface area contributed by atoms with Crippen molar-refractivity contribution in [1.29, 1.82) is 0 Å². The largest absolute Gasteiger partial charge is 0.344 e. The summed E-state index contributed by atoms with van der Waals surface area (Å²) in [6, 6.07) is 12.7. The molecule has 3 heteroatoms. The average molecular weight is 314 g/mol. The first-order valence-electron chi connectivity index (χ1n) is 7.61. The maximum absolute atomic E-state index is 11.9. The van der Waals surface area contributed by atoms with Crippen molar-refractivity contribution < 1.29 is 4.79 Å². The van der Waals surface area contributed by atoms with E-state index in [2.05, 4.69) is 62.1 Å². The smallest absolute Gasteiger partial charge is 0.172 e. The number of allylic oxidation sites excluding steroid dienone is 2. The Morgan fingerprint density at radius 3 is 2.64 bits per heavy atom. The molecule has 3 rings (SSSR count). The fourth-order valence-corrected chi connectivity index (χ4v) is 3.60. The molecule has 0 atom stereocenters. The van der Waals surface area contributed by atoms with Crippen LogP contribution in [0.3, 0.4) is 0 Å². The zero-order valence-corrected chi connectivity index (χ0v) is 13.9. The van der Waals surface area contributed by atoms with Gasteiger partial charge in [-0.05, 0) is 29.3 Å². The molecule has 1 aliphatic rings. The van der Waals surface area contributed by atoms with Crippen molar-refractivity contribution in [2.24, 2.45) is 0 Å². The second-order valence-corrected chi connectivity index (χ2v) is 6.45. The third-order valence-electron chi connectivity index (χ3n) is 4.50. The lowest BCUT2D eigenvalue weighted by Crippen LogP contribution is -2.27. The normalized spacial score (nSPS) is 18.0. The molecule has 2 aromatic rings. The predicted molar refractivity (Wildman–Crippen MR) is 93.8 cm³/mol. The van der Waals surface area contributed by atoms with Crippen molar-refractivity contribution in [3.05, 3.63) is 53.7 Å². The van der Waals surface area contributed by atoms with Gasteiger partial charge in [0.15, 0.2) is 5.78 Å². The topological polar surface area (TPSA) is 20.3 Å². The number of ketones is 1. The van der Waals surface area contributed by atoms with Gasteiger partial charge in [-0.2, -0.15) is 0 Å². The van der Waals surface area contributed by atoms with Crippen LogP contribution in [0.25, 0.3) is 10.8 Å². The van der Waals surface area contributed by atoms with E-state index in [0.717, 1.165) is 12.2 Å². The standard InChI is InChI=1S/C19H20ClNO/c1-4-21-16-10-9-13-7-5-6-8-15(13)18(16)19(2,3)17(21)11-14(22)12-20/h5-11H,4,12H2,1-3H3. The number of hydrogen-bond donors (Lipinski definition) is 0. The third kappa shape index (κ3) is 2.14. The lowest BCUT2D eigenvalue weighted by molar-refractivity contribution is -0.112. The van der Waals surface area contributed by atoms with Crippen molar-refractivity contribution in [3.63, 3.8) is 0 Å². The predicted octanol–water partition coefficient (Wildman–Crippen LogP) is 4.65. The van der Waals surface area contributed by atoms with Gasteiger partial charge in [-0.15, -0.1) is 11.6 Å². The Morgan fingerprint density at radius 2 is 1.95 bits per heavy atom. The second-order valence-electron chi connectivity index (χ2n) is 6.18. The number of rotatable bonds is 3. The molecule has 0 spiro atoms. The number of benzene rings is 2. The summed E-state index contributed by atoms with van der Waals surface area (Å²) in [6.07, 6.45) is 1.71. The van der Waals surface area contributed by atoms with E-state index in [9.17, 15) is 4.79 Å². The number of nitrogens with zero attached hydrogens (tertiary/aromatic N) is 1. The van der Waals surface area contributed by atoms with Crippen molar-refractivity contribution >= 4 is 33.8 Å². The minimum absolute atomic E-state index is 0.0221. The Bertz CT molecular complexity index is 776. The fourth-order valence-electron chi connectivity index (χ4n) is 3.53. The molecule has 0 saturated carbocycles. The van der Waals surface area contributed by atoms with Crippen LogP contribution in [0.4, 0.5) is 5.69 Å². The van der Waals surface area contributed by atoms with Crippen LogP contribution >= 0.6 is 11.6 Å². The maximum Gasteiger partial charge on any atom is 0.172 e. The molecule has 1 aliphatic heterocycles. The van der Waals surface area contributed by atoms with Crippen LogP contribution in [0.15, 0.2) is 48.2 Å². The van der Waals surface area contributed by atoms with E-state index < -0.39 is 0 Å². The highest BCUT2D eigenvalue weighted by Gasteiger charge is 2.40. The number of carbonyl (C=O) groups excluding carboxylic acids is 1. The van der Waals surface area contributed by atoms with Crippen molar-refractivity contribution in [3.8, 4) is 0 Å². The highest BCUT2D eigenvalue weighted by Crippen LogP contribution is 2.50. The lowest BCUT2D eigenvalue weighted by atomic mass is 9.81. The molecule has 0 aromatic heterocycles. The lowest BCUT2D eigenvalue weighted by Gasteiger charge is -2.26. The van der Waals surface area contributed by atoms with Gasteiger partial charge in [0.2, 0.25) is 0 Å². The van der Waals surface area contributed by atoms with Crippen LogP contribution in [0.2, 0.25) is 0 Å². The molecule has 0 unspecified atom stereocenters. The van der Waals surface area contributed by atoms with Crippen LogP contribution in [0.5, 0.6) is 0 Å². The van der Waals surface area contributed by atoms with E-state index in [-0.39, 0.29) is 17.1 Å². The van der Waals surface area contributed by atoms with Gasteiger partial charge >= 0.3 is 0 Å². The molecule has 0 bridgehead atoms. The van der Waals surface area contributed by atoms with E-state index >= 15 is 0 Å². The molecule has 2 nitrogen and oxygen atoms in total. The van der Waals surface area contributed by atoms with Gasteiger partial charge < -0.3 is 4.90 Å². The Labute approximate surface area is 136 Å². The molecular formula is C19H20ClNO. The SMILES string of the molecule is CCN1C(=CC(=O)CCl)C(C)(C)c2c1ccc1ccccc21. The Morgan fingerprint density at radius 1 is 1.23 bits per heavy atom. The quantitative estimate of drug-likeness (QED) is 0.607. The molecule has 0 N–H and O–H groups in total. The summed E-state index contributed by atoms with van der Waals surface area (Å²) < 4.78 is 0. The number of carbonyl (C=O) groups is 1. The Balaban J connectivity index is 2.31. The summed E-state index contributed by atoms with van der Waals surface area (Å²) >= 11 is 5.71. The summed E-state index contributed by atoms with van der Waals surface area (Å²) in [4.78, 5) is 14.1. The second kappa shape index (κ2) is 5.44. The number of anilines is 1. The van der Waals surface area contributed by atoms with E-state index in [0.29, 0.717) is 0 Å². The first-order valence-corrected chi connectivity index (χ1v) is 8.15. The van der Waals surface area contributed by atoms with Crippen LogP contribution in [0.1, 0.15) is 26.3 Å².